The highest BCUT2D eigenvalue weighted by atomic mass is 19.1. The third-order valence-corrected chi connectivity index (χ3v) is 6.27. The highest BCUT2D eigenvalue weighted by molar-refractivity contribution is 5.92. The van der Waals surface area contributed by atoms with E-state index in [0.29, 0.717) is 5.95 Å². The van der Waals surface area contributed by atoms with E-state index in [0.717, 1.165) is 44.4 Å². The SMILES string of the molecule is Cn1cc(CCCCC2CCN(c3ncc(C(=O)NO)cn3)CC2)c2ccccc21.F.F.OOC#CF. The van der Waals surface area contributed by atoms with E-state index >= 15 is 0 Å². The Morgan fingerprint density at radius 1 is 1.19 bits per heavy atom. The number of rotatable bonds is 7. The predicted molar refractivity (Wildman–Crippen MR) is 134 cm³/mol. The van der Waals surface area contributed by atoms with E-state index in [4.69, 9.17) is 10.5 Å². The van der Waals surface area contributed by atoms with Crippen molar-refractivity contribution in [1.82, 2.24) is 20.0 Å². The molecule has 2 aromatic heterocycles. The van der Waals surface area contributed by atoms with Crippen LogP contribution in [0.25, 0.3) is 10.9 Å². The van der Waals surface area contributed by atoms with Crippen LogP contribution in [0.15, 0.2) is 42.9 Å². The first-order valence-corrected chi connectivity index (χ1v) is 11.5. The normalized spacial score (nSPS) is 12.7. The molecule has 0 bridgehead atoms. The Hall–Kier alpha value is -3.82. The molecule has 0 radical (unpaired) electrons. The maximum Gasteiger partial charge on any atom is 0.277 e. The number of carbonyl (C=O) groups excluding carboxylic acids is 1. The number of carbonyl (C=O) groups is 1. The summed E-state index contributed by atoms with van der Waals surface area (Å²) in [6.45, 7) is 1.89. The van der Waals surface area contributed by atoms with Crippen molar-refractivity contribution < 1.29 is 33.9 Å². The summed E-state index contributed by atoms with van der Waals surface area (Å²) in [5.41, 5.74) is 4.62. The fraction of sp³-hybridized carbons (Fsp3) is 0.400. The minimum absolute atomic E-state index is 0. The zero-order chi connectivity index (χ0) is 25.0. The molecule has 3 aromatic rings. The first kappa shape index (κ1) is 31.2. The second-order valence-corrected chi connectivity index (χ2v) is 8.46. The van der Waals surface area contributed by atoms with Gasteiger partial charge in [-0.25, -0.2) is 15.4 Å². The summed E-state index contributed by atoms with van der Waals surface area (Å²) in [5.74, 6) is 0.816. The second kappa shape index (κ2) is 16.0. The lowest BCUT2D eigenvalue weighted by Crippen LogP contribution is -2.35. The van der Waals surface area contributed by atoms with Gasteiger partial charge in [0.2, 0.25) is 5.95 Å². The fourth-order valence-electron chi connectivity index (χ4n) is 4.48. The van der Waals surface area contributed by atoms with E-state index in [-0.39, 0.29) is 15.0 Å². The zero-order valence-corrected chi connectivity index (χ0v) is 20.5. The number of aryl methyl sites for hydroxylation is 2. The summed E-state index contributed by atoms with van der Waals surface area (Å²) in [5, 5.41) is 17.2. The topological polar surface area (TPSA) is 113 Å². The van der Waals surface area contributed by atoms with Gasteiger partial charge in [0, 0.05) is 49.6 Å². The lowest BCUT2D eigenvalue weighted by Gasteiger charge is -2.32. The van der Waals surface area contributed by atoms with Gasteiger partial charge in [-0.2, -0.15) is 5.26 Å². The number of aromatic nitrogens is 3. The quantitative estimate of drug-likeness (QED) is 0.138. The third-order valence-electron chi connectivity index (χ3n) is 6.27. The Balaban J connectivity index is 0.000000895. The number of nitrogens with one attached hydrogen (secondary N) is 1. The van der Waals surface area contributed by atoms with Gasteiger partial charge in [0.05, 0.1) is 5.56 Å². The van der Waals surface area contributed by atoms with Crippen LogP contribution in [0.5, 0.6) is 0 Å². The van der Waals surface area contributed by atoms with Crippen LogP contribution in [-0.4, -0.2) is 44.0 Å². The number of amides is 1. The third kappa shape index (κ3) is 8.66. The number of nitrogens with zero attached hydrogens (tertiary/aromatic N) is 4. The number of hydrogen-bond acceptors (Lipinski definition) is 7. The molecule has 9 nitrogen and oxygen atoms in total. The van der Waals surface area contributed by atoms with Gasteiger partial charge < -0.3 is 9.47 Å². The molecule has 4 rings (SSSR count). The van der Waals surface area contributed by atoms with E-state index in [9.17, 15) is 9.18 Å². The first-order chi connectivity index (χ1) is 17.1. The average molecular weight is 524 g/mol. The van der Waals surface area contributed by atoms with Crippen LogP contribution in [0.3, 0.4) is 0 Å². The fourth-order valence-corrected chi connectivity index (χ4v) is 4.48. The minimum Gasteiger partial charge on any atom is -0.350 e. The number of fused-ring (bicyclic) bond motifs is 1. The van der Waals surface area contributed by atoms with Gasteiger partial charge in [0.1, 0.15) is 0 Å². The number of para-hydroxylation sites is 1. The predicted octanol–water partition coefficient (Wildman–Crippen LogP) is 4.39. The molecule has 1 aromatic carbocycles. The molecule has 0 spiro atoms. The zero-order valence-electron chi connectivity index (χ0n) is 20.5. The van der Waals surface area contributed by atoms with Crippen LogP contribution < -0.4 is 10.4 Å². The van der Waals surface area contributed by atoms with Crippen molar-refractivity contribution in [2.45, 2.75) is 38.5 Å². The molecule has 1 aliphatic heterocycles. The van der Waals surface area contributed by atoms with E-state index in [2.05, 4.69) is 61.8 Å². The molecule has 37 heavy (non-hydrogen) atoms. The van der Waals surface area contributed by atoms with E-state index in [1.165, 1.54) is 54.2 Å². The van der Waals surface area contributed by atoms with Gasteiger partial charge in [0.15, 0.2) is 12.3 Å². The van der Waals surface area contributed by atoms with Gasteiger partial charge in [-0.15, -0.1) is 4.39 Å². The molecule has 0 aliphatic carbocycles. The van der Waals surface area contributed by atoms with Crippen molar-refractivity contribution in [3.63, 3.8) is 0 Å². The molecule has 202 valence electrons. The molecule has 1 fully saturated rings. The highest BCUT2D eigenvalue weighted by Gasteiger charge is 2.21. The lowest BCUT2D eigenvalue weighted by molar-refractivity contribution is -0.172. The number of piperidine rings is 1. The molecular weight excluding hydrogens is 491 g/mol. The van der Waals surface area contributed by atoms with Crippen LogP contribution in [-0.2, 0) is 18.4 Å². The minimum atomic E-state index is -0.594. The summed E-state index contributed by atoms with van der Waals surface area (Å²) < 4.78 is 12.6. The van der Waals surface area contributed by atoms with Gasteiger partial charge in [0.25, 0.3) is 5.91 Å². The second-order valence-electron chi connectivity index (χ2n) is 8.46. The number of halogens is 3. The molecule has 12 heteroatoms. The molecule has 3 N–H and O–H groups in total. The van der Waals surface area contributed by atoms with Gasteiger partial charge in [-0.1, -0.05) is 31.0 Å². The van der Waals surface area contributed by atoms with Gasteiger partial charge in [-0.3, -0.25) is 24.3 Å². The highest BCUT2D eigenvalue weighted by Crippen LogP contribution is 2.26. The maximum atomic E-state index is 11.4. The van der Waals surface area contributed by atoms with Crippen LogP contribution in [0.2, 0.25) is 0 Å². The lowest BCUT2D eigenvalue weighted by atomic mass is 9.91. The molecule has 1 saturated heterocycles. The van der Waals surface area contributed by atoms with E-state index in [1.807, 2.05) is 0 Å². The summed E-state index contributed by atoms with van der Waals surface area (Å²) >= 11 is 0. The van der Waals surface area contributed by atoms with E-state index < -0.39 is 5.91 Å². The summed E-state index contributed by atoms with van der Waals surface area (Å²) in [4.78, 5) is 25.0. The molecular formula is C25H32F3N5O4. The molecule has 0 saturated carbocycles. The number of anilines is 1. The van der Waals surface area contributed by atoms with Crippen molar-refractivity contribution in [3.8, 4) is 12.3 Å². The number of hydrogen-bond donors (Lipinski definition) is 3. The van der Waals surface area contributed by atoms with Crippen molar-refractivity contribution in [2.75, 3.05) is 18.0 Å². The maximum absolute atomic E-state index is 11.4. The molecule has 1 aliphatic rings. The Labute approximate surface area is 212 Å². The van der Waals surface area contributed by atoms with Crippen molar-refractivity contribution >= 4 is 22.8 Å². The molecule has 0 unspecified atom stereocenters. The summed E-state index contributed by atoms with van der Waals surface area (Å²) in [7, 11) is 2.12. The van der Waals surface area contributed by atoms with Crippen molar-refractivity contribution in [1.29, 1.82) is 0 Å². The van der Waals surface area contributed by atoms with Gasteiger partial charge >= 0.3 is 0 Å². The summed E-state index contributed by atoms with van der Waals surface area (Å²) in [6, 6.07) is 8.64. The number of unbranched alkanes of at least 4 members (excludes halogenated alkanes) is 1. The molecule has 0 atom stereocenters. The van der Waals surface area contributed by atoms with E-state index in [1.54, 1.807) is 5.48 Å². The smallest absolute Gasteiger partial charge is 0.277 e. The van der Waals surface area contributed by atoms with Crippen LogP contribution in [0.4, 0.5) is 19.7 Å². The van der Waals surface area contributed by atoms with Crippen LogP contribution in [0.1, 0.15) is 48.0 Å². The number of benzene rings is 1. The monoisotopic (exact) mass is 523 g/mol. The van der Waals surface area contributed by atoms with Gasteiger partial charge in [-0.05, 0) is 43.2 Å². The Kier molecular flexibility index (Phi) is 13.5. The first-order valence-electron chi connectivity index (χ1n) is 11.5. The van der Waals surface area contributed by atoms with Crippen LogP contribution >= 0.6 is 0 Å². The van der Waals surface area contributed by atoms with Crippen LogP contribution in [0, 0.1) is 18.2 Å². The van der Waals surface area contributed by atoms with Crippen molar-refractivity contribution in [2.24, 2.45) is 13.0 Å². The molecule has 3 heterocycles. The Morgan fingerprint density at radius 2 is 1.86 bits per heavy atom. The average Bonchev–Trinajstić information content (AvgIpc) is 3.23. The number of hydroxylamine groups is 1. The standard InChI is InChI=1S/C23H29N5O2.C2HFO2.2FH/c1-27-16-18(20-8-4-5-9-21(20)27)7-3-2-6-17-10-12-28(13-11-17)23-24-14-19(15-25-23)22(29)26-30;3-1-2-5-4;;/h4-5,8-9,14-17,30H,2-3,6-7,10-13H2,1H3,(H,26,29);4H;2*1H. The summed E-state index contributed by atoms with van der Waals surface area (Å²) in [6.07, 6.45) is 14.4. The molecule has 1 amide bonds. The largest absolute Gasteiger partial charge is 0.350 e. The van der Waals surface area contributed by atoms with Crippen molar-refractivity contribution in [3.05, 3.63) is 54.0 Å². The Bertz CT molecular complexity index is 1160. The Morgan fingerprint density at radius 3 is 2.46 bits per heavy atom.